The highest BCUT2D eigenvalue weighted by Gasteiger charge is 2.10. The molecule has 0 amide bonds. The molecule has 0 spiro atoms. The first-order chi connectivity index (χ1) is 6.56. The van der Waals surface area contributed by atoms with Crippen LogP contribution in [-0.4, -0.2) is 15.9 Å². The van der Waals surface area contributed by atoms with Gasteiger partial charge in [0.25, 0.3) is 0 Å². The zero-order valence-corrected chi connectivity index (χ0v) is 11.4. The number of hydrogen-bond donors (Lipinski definition) is 4. The summed E-state index contributed by atoms with van der Waals surface area (Å²) in [5.74, 6) is 0. The van der Waals surface area contributed by atoms with E-state index >= 15 is 0 Å². The van der Waals surface area contributed by atoms with Crippen LogP contribution in [0.25, 0.3) is 0 Å². The molecule has 0 saturated heterocycles. The van der Waals surface area contributed by atoms with E-state index in [1.807, 2.05) is 0 Å². The van der Waals surface area contributed by atoms with Crippen LogP contribution in [0.2, 0.25) is 0 Å². The molecule has 6 heteroatoms. The molecule has 0 radical (unpaired) electrons. The zero-order valence-electron chi connectivity index (χ0n) is 10.5. The predicted octanol–water partition coefficient (Wildman–Crippen LogP) is 3.63. The summed E-state index contributed by atoms with van der Waals surface area (Å²) >= 11 is 0. The van der Waals surface area contributed by atoms with Crippen molar-refractivity contribution in [3.63, 3.8) is 0 Å². The lowest BCUT2D eigenvalue weighted by Crippen LogP contribution is -1.88. The fourth-order valence-corrected chi connectivity index (χ4v) is 2.09. The quantitative estimate of drug-likeness (QED) is 0.370. The van der Waals surface area contributed by atoms with Gasteiger partial charge in [0.2, 0.25) is 0 Å². The van der Waals surface area contributed by atoms with E-state index in [2.05, 4.69) is 6.92 Å². The van der Waals surface area contributed by atoms with E-state index in [0.717, 1.165) is 12.8 Å². The Hall–Kier alpha value is 0.0700. The summed E-state index contributed by atoms with van der Waals surface area (Å²) < 4.78 is 10.5. The molecule has 0 atom stereocenters. The highest BCUT2D eigenvalue weighted by atomic mass is 31.2. The molecule has 0 bridgehead atoms. The molecule has 16 heavy (non-hydrogen) atoms. The summed E-state index contributed by atoms with van der Waals surface area (Å²) in [7, 11) is -3.73. The molecule has 102 valence electrons. The van der Waals surface area contributed by atoms with Gasteiger partial charge in [-0.05, 0) is 6.42 Å². The molecule has 0 aliphatic heterocycles. The van der Waals surface area contributed by atoms with Crippen molar-refractivity contribution in [1.29, 1.82) is 0 Å². The molecular weight excluding hydrogens is 227 g/mol. The molecule has 0 heterocycles. The maximum absolute atomic E-state index is 10.5. The molecule has 0 aromatic rings. The second-order valence-electron chi connectivity index (χ2n) is 3.86. The van der Waals surface area contributed by atoms with Gasteiger partial charge in [-0.25, -0.2) is 0 Å². The van der Waals surface area contributed by atoms with Gasteiger partial charge in [0.15, 0.2) is 0 Å². The Kier molecular flexibility index (Phi) is 17.5. The second kappa shape index (κ2) is 13.1. The van der Waals surface area contributed by atoms with Crippen LogP contribution >= 0.6 is 7.60 Å². The largest absolute Gasteiger partial charge is 0.344 e. The SMILES string of the molecule is CCCCCCCCCCP(=O)(O)O.N.N. The minimum absolute atomic E-state index is 0. The Morgan fingerprint density at radius 1 is 0.812 bits per heavy atom. The Balaban J connectivity index is -0.000000845. The first kappa shape index (κ1) is 21.4. The van der Waals surface area contributed by atoms with E-state index in [4.69, 9.17) is 9.79 Å². The van der Waals surface area contributed by atoms with Crippen molar-refractivity contribution in [2.45, 2.75) is 58.3 Å². The van der Waals surface area contributed by atoms with Crippen LogP contribution in [0.3, 0.4) is 0 Å². The minimum atomic E-state index is -3.73. The predicted molar refractivity (Wildman–Crippen MR) is 69.6 cm³/mol. The Morgan fingerprint density at radius 3 is 1.56 bits per heavy atom. The van der Waals surface area contributed by atoms with Gasteiger partial charge < -0.3 is 22.1 Å². The third kappa shape index (κ3) is 19.6. The highest BCUT2D eigenvalue weighted by Crippen LogP contribution is 2.35. The fraction of sp³-hybridized carbons (Fsp3) is 1.00. The summed E-state index contributed by atoms with van der Waals surface area (Å²) in [6, 6.07) is 0. The Morgan fingerprint density at radius 2 is 1.19 bits per heavy atom. The summed E-state index contributed by atoms with van der Waals surface area (Å²) in [4.78, 5) is 17.2. The molecular formula is C10H29N2O3P. The van der Waals surface area contributed by atoms with Crippen LogP contribution in [-0.2, 0) is 4.57 Å². The van der Waals surface area contributed by atoms with Gasteiger partial charge in [0.05, 0.1) is 0 Å². The average molecular weight is 256 g/mol. The molecule has 0 aromatic carbocycles. The van der Waals surface area contributed by atoms with Crippen molar-refractivity contribution >= 4 is 7.60 Å². The third-order valence-electron chi connectivity index (χ3n) is 2.30. The van der Waals surface area contributed by atoms with Crippen LogP contribution in [0.5, 0.6) is 0 Å². The average Bonchev–Trinajstić information content (AvgIpc) is 2.08. The molecule has 0 aliphatic rings. The minimum Gasteiger partial charge on any atom is -0.344 e. The van der Waals surface area contributed by atoms with Gasteiger partial charge in [-0.1, -0.05) is 51.9 Å². The standard InChI is InChI=1S/C10H23O3P.2H3N/c1-2-3-4-5-6-7-8-9-10-14(11,12)13;;/h2-10H2,1H3,(H2,11,12,13);2*1H3. The van der Waals surface area contributed by atoms with E-state index in [1.165, 1.54) is 32.1 Å². The van der Waals surface area contributed by atoms with Gasteiger partial charge in [0, 0.05) is 6.16 Å². The van der Waals surface area contributed by atoms with Crippen LogP contribution < -0.4 is 12.3 Å². The van der Waals surface area contributed by atoms with Crippen molar-refractivity contribution in [1.82, 2.24) is 12.3 Å². The lowest BCUT2D eigenvalue weighted by molar-refractivity contribution is 0.370. The Labute approximate surface area is 99.3 Å². The second-order valence-corrected chi connectivity index (χ2v) is 5.64. The van der Waals surface area contributed by atoms with Crippen LogP contribution in [0.4, 0.5) is 0 Å². The molecule has 0 aromatic heterocycles. The monoisotopic (exact) mass is 256 g/mol. The van der Waals surface area contributed by atoms with E-state index in [0.29, 0.717) is 6.42 Å². The molecule has 0 rings (SSSR count). The number of unbranched alkanes of at least 4 members (excludes halogenated alkanes) is 7. The molecule has 5 nitrogen and oxygen atoms in total. The first-order valence-electron chi connectivity index (χ1n) is 5.61. The smallest absolute Gasteiger partial charge is 0.325 e. The lowest BCUT2D eigenvalue weighted by Gasteiger charge is -2.03. The lowest BCUT2D eigenvalue weighted by atomic mass is 10.1. The van der Waals surface area contributed by atoms with Gasteiger partial charge in [0.1, 0.15) is 0 Å². The van der Waals surface area contributed by atoms with Crippen molar-refractivity contribution in [2.24, 2.45) is 0 Å². The van der Waals surface area contributed by atoms with Crippen LogP contribution in [0, 0.1) is 0 Å². The van der Waals surface area contributed by atoms with Gasteiger partial charge in [-0.3, -0.25) is 4.57 Å². The Bertz CT molecular complexity index is 173. The van der Waals surface area contributed by atoms with Crippen molar-refractivity contribution in [3.8, 4) is 0 Å². The van der Waals surface area contributed by atoms with Gasteiger partial charge >= 0.3 is 7.60 Å². The maximum atomic E-state index is 10.5. The molecule has 8 N–H and O–H groups in total. The fourth-order valence-electron chi connectivity index (χ4n) is 1.45. The van der Waals surface area contributed by atoms with Crippen molar-refractivity contribution in [3.05, 3.63) is 0 Å². The van der Waals surface area contributed by atoms with Gasteiger partial charge in [-0.2, -0.15) is 0 Å². The van der Waals surface area contributed by atoms with Crippen LogP contribution in [0.15, 0.2) is 0 Å². The van der Waals surface area contributed by atoms with Gasteiger partial charge in [-0.15, -0.1) is 0 Å². The summed E-state index contributed by atoms with van der Waals surface area (Å²) in [6.07, 6.45) is 9.14. The third-order valence-corrected chi connectivity index (χ3v) is 3.20. The highest BCUT2D eigenvalue weighted by molar-refractivity contribution is 7.51. The summed E-state index contributed by atoms with van der Waals surface area (Å²) in [6.45, 7) is 2.19. The molecule has 0 fully saturated rings. The molecule has 0 unspecified atom stereocenters. The van der Waals surface area contributed by atoms with Crippen LogP contribution in [0.1, 0.15) is 58.3 Å². The normalized spacial score (nSPS) is 10.4. The maximum Gasteiger partial charge on any atom is 0.325 e. The summed E-state index contributed by atoms with van der Waals surface area (Å²) in [5, 5.41) is 0. The number of rotatable bonds is 9. The zero-order chi connectivity index (χ0) is 10.9. The van der Waals surface area contributed by atoms with E-state index < -0.39 is 7.60 Å². The van der Waals surface area contributed by atoms with E-state index in [9.17, 15) is 4.57 Å². The number of hydrogen-bond acceptors (Lipinski definition) is 3. The van der Waals surface area contributed by atoms with Crippen molar-refractivity contribution in [2.75, 3.05) is 6.16 Å². The first-order valence-corrected chi connectivity index (χ1v) is 7.40. The topological polar surface area (TPSA) is 128 Å². The molecule has 0 saturated carbocycles. The van der Waals surface area contributed by atoms with E-state index in [1.54, 1.807) is 0 Å². The summed E-state index contributed by atoms with van der Waals surface area (Å²) in [5.41, 5.74) is 0. The molecule has 0 aliphatic carbocycles. The van der Waals surface area contributed by atoms with E-state index in [-0.39, 0.29) is 18.5 Å². The van der Waals surface area contributed by atoms with Crippen molar-refractivity contribution < 1.29 is 14.4 Å².